The van der Waals surface area contributed by atoms with Gasteiger partial charge in [0.25, 0.3) is 0 Å². The van der Waals surface area contributed by atoms with Crippen LogP contribution in [0.15, 0.2) is 24.3 Å². The van der Waals surface area contributed by atoms with Crippen molar-refractivity contribution in [3.05, 3.63) is 29.8 Å². The summed E-state index contributed by atoms with van der Waals surface area (Å²) >= 11 is 0. The molecule has 3 rings (SSSR count). The van der Waals surface area contributed by atoms with Gasteiger partial charge in [0, 0.05) is 18.1 Å². The van der Waals surface area contributed by atoms with Gasteiger partial charge in [-0.2, -0.15) is 0 Å². The highest BCUT2D eigenvalue weighted by Crippen LogP contribution is 2.44. The van der Waals surface area contributed by atoms with Crippen LogP contribution in [0, 0.1) is 5.92 Å². The lowest BCUT2D eigenvalue weighted by Gasteiger charge is -2.47. The van der Waals surface area contributed by atoms with Gasteiger partial charge in [0.15, 0.2) is 0 Å². The topological polar surface area (TPSA) is 35.5 Å². The summed E-state index contributed by atoms with van der Waals surface area (Å²) in [6, 6.07) is 8.58. The predicted molar refractivity (Wildman–Crippen MR) is 86.5 cm³/mol. The van der Waals surface area contributed by atoms with Crippen molar-refractivity contribution in [1.82, 2.24) is 10.2 Å². The third kappa shape index (κ3) is 3.09. The Morgan fingerprint density at radius 1 is 1.24 bits per heavy atom. The Kier molecular flexibility index (Phi) is 4.23. The molecule has 0 atom stereocenters. The molecule has 3 nitrogen and oxygen atoms in total. The number of benzene rings is 1. The van der Waals surface area contributed by atoms with E-state index in [9.17, 15) is 5.11 Å². The first kappa shape index (κ1) is 14.9. The lowest BCUT2D eigenvalue weighted by Crippen LogP contribution is -2.49. The number of hydrogen-bond acceptors (Lipinski definition) is 3. The summed E-state index contributed by atoms with van der Waals surface area (Å²) in [5.74, 6) is 1.29. The van der Waals surface area contributed by atoms with Crippen LogP contribution in [0.25, 0.3) is 0 Å². The first-order valence-electron chi connectivity index (χ1n) is 8.32. The maximum Gasteiger partial charge on any atom is 0.115 e. The Bertz CT molecular complexity index is 476. The molecule has 2 N–H and O–H groups in total. The maximum absolute atomic E-state index is 9.90. The molecule has 116 valence electrons. The second-order valence-electron chi connectivity index (χ2n) is 6.97. The van der Waals surface area contributed by atoms with E-state index in [2.05, 4.69) is 30.4 Å². The van der Waals surface area contributed by atoms with Crippen molar-refractivity contribution in [2.24, 2.45) is 5.92 Å². The van der Waals surface area contributed by atoms with Crippen molar-refractivity contribution in [3.8, 4) is 5.75 Å². The molecular weight excluding hydrogens is 260 g/mol. The van der Waals surface area contributed by atoms with Crippen LogP contribution in [0.3, 0.4) is 0 Å². The van der Waals surface area contributed by atoms with E-state index in [0.29, 0.717) is 11.8 Å². The second kappa shape index (κ2) is 5.98. The van der Waals surface area contributed by atoms with E-state index in [1.807, 2.05) is 12.1 Å². The molecule has 0 unspecified atom stereocenters. The van der Waals surface area contributed by atoms with E-state index < -0.39 is 0 Å². The molecule has 0 spiro atoms. The molecule has 0 aromatic heterocycles. The summed E-state index contributed by atoms with van der Waals surface area (Å²) in [4.78, 5) is 2.57. The van der Waals surface area contributed by atoms with Crippen molar-refractivity contribution >= 4 is 0 Å². The van der Waals surface area contributed by atoms with Crippen molar-refractivity contribution in [1.29, 1.82) is 0 Å². The van der Waals surface area contributed by atoms with Crippen LogP contribution < -0.4 is 5.32 Å². The minimum atomic E-state index is 0.106. The van der Waals surface area contributed by atoms with Crippen LogP contribution in [0.1, 0.15) is 44.1 Å². The molecular formula is C18H28N2O. The number of rotatable bonds is 5. The van der Waals surface area contributed by atoms with Crippen LogP contribution in [-0.2, 0) is 5.54 Å². The maximum atomic E-state index is 9.90. The number of phenols is 1. The van der Waals surface area contributed by atoms with Gasteiger partial charge in [0.1, 0.15) is 5.75 Å². The first-order valence-corrected chi connectivity index (χ1v) is 8.32. The fourth-order valence-electron chi connectivity index (χ4n) is 3.93. The van der Waals surface area contributed by atoms with Gasteiger partial charge < -0.3 is 10.4 Å². The van der Waals surface area contributed by atoms with Crippen molar-refractivity contribution < 1.29 is 5.11 Å². The highest BCUT2D eigenvalue weighted by atomic mass is 16.3. The van der Waals surface area contributed by atoms with Crippen LogP contribution in [-0.4, -0.2) is 36.7 Å². The quantitative estimate of drug-likeness (QED) is 0.874. The van der Waals surface area contributed by atoms with E-state index in [-0.39, 0.29) is 5.54 Å². The minimum Gasteiger partial charge on any atom is -0.508 e. The molecule has 3 heteroatoms. The number of nitrogens with one attached hydrogen (secondary N) is 1. The second-order valence-corrected chi connectivity index (χ2v) is 6.97. The third-order valence-electron chi connectivity index (χ3n) is 5.56. The van der Waals surface area contributed by atoms with Gasteiger partial charge in [0.2, 0.25) is 0 Å². The average Bonchev–Trinajstić information content (AvgIpc) is 3.31. The van der Waals surface area contributed by atoms with Gasteiger partial charge in [-0.25, -0.2) is 0 Å². The summed E-state index contributed by atoms with van der Waals surface area (Å²) in [7, 11) is 4.35. The zero-order valence-electron chi connectivity index (χ0n) is 13.3. The lowest BCUT2D eigenvalue weighted by atomic mass is 9.73. The van der Waals surface area contributed by atoms with Crippen molar-refractivity contribution in [3.63, 3.8) is 0 Å². The SMILES string of the molecule is CNC1CCC(c2cccc(O)c2)(N(C)CC2CC2)CC1. The van der Waals surface area contributed by atoms with Gasteiger partial charge in [-0.1, -0.05) is 12.1 Å². The molecule has 0 amide bonds. The van der Waals surface area contributed by atoms with Gasteiger partial charge in [-0.3, -0.25) is 4.90 Å². The fraction of sp³-hybridized carbons (Fsp3) is 0.667. The van der Waals surface area contributed by atoms with Gasteiger partial charge in [0.05, 0.1) is 0 Å². The van der Waals surface area contributed by atoms with Crippen LogP contribution in [0.4, 0.5) is 0 Å². The molecule has 0 heterocycles. The van der Waals surface area contributed by atoms with Crippen LogP contribution in [0.2, 0.25) is 0 Å². The molecule has 21 heavy (non-hydrogen) atoms. The minimum absolute atomic E-state index is 0.106. The van der Waals surface area contributed by atoms with Gasteiger partial charge in [-0.05, 0) is 76.2 Å². The largest absolute Gasteiger partial charge is 0.508 e. The molecule has 2 aliphatic carbocycles. The van der Waals surface area contributed by atoms with E-state index in [1.165, 1.54) is 50.6 Å². The molecule has 0 bridgehead atoms. The molecule has 1 aromatic carbocycles. The number of nitrogens with zero attached hydrogens (tertiary/aromatic N) is 1. The van der Waals surface area contributed by atoms with Crippen LogP contribution >= 0.6 is 0 Å². The Labute approximate surface area is 128 Å². The van der Waals surface area contributed by atoms with Gasteiger partial charge >= 0.3 is 0 Å². The summed E-state index contributed by atoms with van der Waals surface area (Å²) in [6.45, 7) is 1.19. The zero-order chi connectivity index (χ0) is 14.9. The molecule has 0 aliphatic heterocycles. The predicted octanol–water partition coefficient (Wildman–Crippen LogP) is 3.09. The Morgan fingerprint density at radius 2 is 1.95 bits per heavy atom. The van der Waals surface area contributed by atoms with E-state index in [4.69, 9.17) is 0 Å². The number of phenolic OH excluding ortho intramolecular Hbond substituents is 1. The Balaban J connectivity index is 1.86. The van der Waals surface area contributed by atoms with Gasteiger partial charge in [-0.15, -0.1) is 0 Å². The standard InChI is InChI=1S/C18H28N2O/c1-19-16-8-10-18(11-9-16,20(2)13-14-6-7-14)15-4-3-5-17(21)12-15/h3-5,12,14,16,19,21H,6-11,13H2,1-2H3. The summed E-state index contributed by atoms with van der Waals surface area (Å²) in [5, 5.41) is 13.3. The highest BCUT2D eigenvalue weighted by molar-refractivity contribution is 5.33. The monoisotopic (exact) mass is 288 g/mol. The van der Waals surface area contributed by atoms with Crippen molar-refractivity contribution in [2.75, 3.05) is 20.6 Å². The summed E-state index contributed by atoms with van der Waals surface area (Å²) in [5.41, 5.74) is 1.40. The first-order chi connectivity index (χ1) is 10.1. The molecule has 2 fully saturated rings. The summed E-state index contributed by atoms with van der Waals surface area (Å²) in [6.07, 6.45) is 7.54. The lowest BCUT2D eigenvalue weighted by molar-refractivity contribution is 0.0587. The summed E-state index contributed by atoms with van der Waals surface area (Å²) < 4.78 is 0. The molecule has 0 radical (unpaired) electrons. The van der Waals surface area contributed by atoms with E-state index in [0.717, 1.165) is 5.92 Å². The molecule has 1 aromatic rings. The molecule has 0 saturated heterocycles. The number of aromatic hydroxyl groups is 1. The third-order valence-corrected chi connectivity index (χ3v) is 5.56. The number of hydrogen-bond donors (Lipinski definition) is 2. The Morgan fingerprint density at radius 3 is 2.52 bits per heavy atom. The average molecular weight is 288 g/mol. The van der Waals surface area contributed by atoms with Crippen molar-refractivity contribution in [2.45, 2.75) is 50.1 Å². The fourth-order valence-corrected chi connectivity index (χ4v) is 3.93. The van der Waals surface area contributed by atoms with E-state index >= 15 is 0 Å². The van der Waals surface area contributed by atoms with Crippen LogP contribution in [0.5, 0.6) is 5.75 Å². The zero-order valence-corrected chi connectivity index (χ0v) is 13.3. The highest BCUT2D eigenvalue weighted by Gasteiger charge is 2.41. The molecule has 2 saturated carbocycles. The normalized spacial score (nSPS) is 29.8. The molecule has 2 aliphatic rings. The Hall–Kier alpha value is -1.06. The van der Waals surface area contributed by atoms with E-state index in [1.54, 1.807) is 6.07 Å². The smallest absolute Gasteiger partial charge is 0.115 e.